The molecule has 0 saturated carbocycles. The molecule has 24 heavy (non-hydrogen) atoms. The lowest BCUT2D eigenvalue weighted by Gasteiger charge is -2.04. The third-order valence-corrected chi connectivity index (χ3v) is 3.85. The van der Waals surface area contributed by atoms with Crippen LogP contribution in [0, 0.1) is 13.8 Å². The number of aromatic nitrogens is 3. The summed E-state index contributed by atoms with van der Waals surface area (Å²) in [5, 5.41) is 10.6. The van der Waals surface area contributed by atoms with E-state index in [0.717, 1.165) is 10.9 Å². The third-order valence-electron chi connectivity index (χ3n) is 3.85. The number of H-pyrrole nitrogens is 2. The Hall–Kier alpha value is -3.09. The van der Waals surface area contributed by atoms with E-state index in [4.69, 9.17) is 4.74 Å². The summed E-state index contributed by atoms with van der Waals surface area (Å²) in [5.41, 5.74) is 2.72. The molecule has 7 heteroatoms. The molecule has 0 aliphatic rings. The van der Waals surface area contributed by atoms with Crippen LogP contribution in [0.15, 0.2) is 24.3 Å². The molecule has 3 rings (SSSR count). The first kappa shape index (κ1) is 15.8. The van der Waals surface area contributed by atoms with Crippen molar-refractivity contribution in [2.45, 2.75) is 20.8 Å². The Morgan fingerprint density at radius 1 is 1.25 bits per heavy atom. The van der Waals surface area contributed by atoms with Crippen LogP contribution >= 0.6 is 0 Å². The van der Waals surface area contributed by atoms with E-state index in [1.807, 2.05) is 24.3 Å². The van der Waals surface area contributed by atoms with Crippen LogP contribution in [0.2, 0.25) is 0 Å². The molecule has 3 N–H and O–H groups in total. The highest BCUT2D eigenvalue weighted by Crippen LogP contribution is 2.23. The van der Waals surface area contributed by atoms with Crippen molar-refractivity contribution in [2.24, 2.45) is 0 Å². The molecule has 0 bridgehead atoms. The lowest BCUT2D eigenvalue weighted by Crippen LogP contribution is -2.14. The van der Waals surface area contributed by atoms with Gasteiger partial charge in [-0.3, -0.25) is 9.89 Å². The number of carbonyl (C=O) groups is 2. The molecule has 7 nitrogen and oxygen atoms in total. The van der Waals surface area contributed by atoms with Gasteiger partial charge in [0.25, 0.3) is 5.91 Å². The van der Waals surface area contributed by atoms with Crippen LogP contribution < -0.4 is 5.32 Å². The number of aromatic amines is 2. The van der Waals surface area contributed by atoms with Crippen LogP contribution in [0.3, 0.4) is 0 Å². The maximum absolute atomic E-state index is 12.7. The van der Waals surface area contributed by atoms with E-state index in [9.17, 15) is 9.59 Å². The molecule has 1 amide bonds. The molecule has 2 heterocycles. The number of rotatable bonds is 4. The van der Waals surface area contributed by atoms with Crippen LogP contribution in [0.1, 0.15) is 39.0 Å². The van der Waals surface area contributed by atoms with E-state index in [1.54, 1.807) is 20.8 Å². The zero-order valence-electron chi connectivity index (χ0n) is 13.7. The Labute approximate surface area is 138 Å². The van der Waals surface area contributed by atoms with Gasteiger partial charge in [0, 0.05) is 11.1 Å². The molecule has 0 fully saturated rings. The number of nitrogens with one attached hydrogen (secondary N) is 3. The van der Waals surface area contributed by atoms with Crippen molar-refractivity contribution >= 4 is 28.6 Å². The largest absolute Gasteiger partial charge is 0.461 e. The minimum atomic E-state index is -0.470. The molecule has 124 valence electrons. The van der Waals surface area contributed by atoms with Gasteiger partial charge < -0.3 is 15.0 Å². The van der Waals surface area contributed by atoms with Gasteiger partial charge in [-0.1, -0.05) is 12.1 Å². The minimum absolute atomic E-state index is 0.275. The minimum Gasteiger partial charge on any atom is -0.461 e. The molecule has 0 aliphatic heterocycles. The lowest BCUT2D eigenvalue weighted by atomic mass is 10.1. The van der Waals surface area contributed by atoms with Gasteiger partial charge in [-0.2, -0.15) is 5.10 Å². The van der Waals surface area contributed by atoms with Crippen molar-refractivity contribution < 1.29 is 14.3 Å². The van der Waals surface area contributed by atoms with Crippen LogP contribution in [0.4, 0.5) is 5.82 Å². The summed E-state index contributed by atoms with van der Waals surface area (Å²) in [4.78, 5) is 27.5. The summed E-state index contributed by atoms with van der Waals surface area (Å²) in [6, 6.07) is 7.51. The van der Waals surface area contributed by atoms with Crippen molar-refractivity contribution in [1.82, 2.24) is 15.2 Å². The summed E-state index contributed by atoms with van der Waals surface area (Å²) in [6.07, 6.45) is 0. The predicted octanol–water partition coefficient (Wildman–Crippen LogP) is 2.94. The van der Waals surface area contributed by atoms with Gasteiger partial charge in [-0.15, -0.1) is 0 Å². The number of ether oxygens (including phenoxy) is 1. The highest BCUT2D eigenvalue weighted by Gasteiger charge is 2.23. The average Bonchev–Trinajstić information content (AvgIpc) is 3.09. The number of nitrogens with zero attached hydrogens (tertiary/aromatic N) is 1. The monoisotopic (exact) mass is 326 g/mol. The molecule has 0 unspecified atom stereocenters. The van der Waals surface area contributed by atoms with Crippen molar-refractivity contribution in [3.63, 3.8) is 0 Å². The topological polar surface area (TPSA) is 99.9 Å². The molecular formula is C17H18N4O3. The standard InChI is InChI=1S/C17H18N4O3/c1-4-24-17(23)14-9(2)13(10(3)18-14)16(22)19-15-11-7-5-6-8-12(11)20-21-15/h5-8,18H,4H2,1-3H3,(H2,19,20,21,22). The van der Waals surface area contributed by atoms with Gasteiger partial charge in [0.2, 0.25) is 0 Å². The van der Waals surface area contributed by atoms with Crippen molar-refractivity contribution in [3.05, 3.63) is 46.8 Å². The van der Waals surface area contributed by atoms with Gasteiger partial charge >= 0.3 is 5.97 Å². The quantitative estimate of drug-likeness (QED) is 0.642. The first-order valence-corrected chi connectivity index (χ1v) is 7.63. The fraction of sp³-hybridized carbons (Fsp3) is 0.235. The number of fused-ring (bicyclic) bond motifs is 1. The first-order valence-electron chi connectivity index (χ1n) is 7.63. The van der Waals surface area contributed by atoms with Gasteiger partial charge in [-0.25, -0.2) is 4.79 Å². The summed E-state index contributed by atoms with van der Waals surface area (Å²) in [6.45, 7) is 5.47. The Bertz CT molecular complexity index is 923. The Morgan fingerprint density at radius 2 is 2.00 bits per heavy atom. The predicted molar refractivity (Wildman–Crippen MR) is 90.3 cm³/mol. The number of hydrogen-bond acceptors (Lipinski definition) is 4. The molecule has 0 radical (unpaired) electrons. The van der Waals surface area contributed by atoms with Gasteiger partial charge in [0.1, 0.15) is 5.69 Å². The van der Waals surface area contributed by atoms with Gasteiger partial charge in [-0.05, 0) is 38.5 Å². The number of aryl methyl sites for hydroxylation is 1. The van der Waals surface area contributed by atoms with E-state index in [2.05, 4.69) is 20.5 Å². The number of hydrogen-bond donors (Lipinski definition) is 3. The van der Waals surface area contributed by atoms with E-state index < -0.39 is 5.97 Å². The second-order valence-corrected chi connectivity index (χ2v) is 5.42. The maximum atomic E-state index is 12.7. The van der Waals surface area contributed by atoms with E-state index in [0.29, 0.717) is 28.3 Å². The molecular weight excluding hydrogens is 308 g/mol. The zero-order chi connectivity index (χ0) is 17.3. The van der Waals surface area contributed by atoms with Crippen LogP contribution in [-0.4, -0.2) is 33.7 Å². The second kappa shape index (κ2) is 6.19. The van der Waals surface area contributed by atoms with E-state index in [-0.39, 0.29) is 12.5 Å². The number of benzene rings is 1. The summed E-state index contributed by atoms with van der Waals surface area (Å²) >= 11 is 0. The van der Waals surface area contributed by atoms with Crippen molar-refractivity contribution in [3.8, 4) is 0 Å². The van der Waals surface area contributed by atoms with Crippen LogP contribution in [0.5, 0.6) is 0 Å². The SMILES string of the molecule is CCOC(=O)c1[nH]c(C)c(C(=O)Nc2n[nH]c3ccccc23)c1C. The highest BCUT2D eigenvalue weighted by atomic mass is 16.5. The second-order valence-electron chi connectivity index (χ2n) is 5.42. The molecule has 0 aliphatic carbocycles. The molecule has 0 spiro atoms. The normalized spacial score (nSPS) is 10.8. The Morgan fingerprint density at radius 3 is 2.75 bits per heavy atom. The summed E-state index contributed by atoms with van der Waals surface area (Å²) < 4.78 is 5.00. The molecule has 0 atom stereocenters. The lowest BCUT2D eigenvalue weighted by molar-refractivity contribution is 0.0519. The molecule has 2 aromatic heterocycles. The number of amides is 1. The van der Waals surface area contributed by atoms with E-state index >= 15 is 0 Å². The zero-order valence-corrected chi connectivity index (χ0v) is 13.7. The van der Waals surface area contributed by atoms with Gasteiger partial charge in [0.15, 0.2) is 5.82 Å². The molecule has 1 aromatic carbocycles. The Balaban J connectivity index is 1.92. The van der Waals surface area contributed by atoms with Crippen molar-refractivity contribution in [1.29, 1.82) is 0 Å². The third kappa shape index (κ3) is 2.64. The average molecular weight is 326 g/mol. The molecule has 3 aromatic rings. The van der Waals surface area contributed by atoms with Gasteiger partial charge in [0.05, 0.1) is 17.7 Å². The fourth-order valence-corrected chi connectivity index (χ4v) is 2.73. The highest BCUT2D eigenvalue weighted by molar-refractivity contribution is 6.10. The first-order chi connectivity index (χ1) is 11.5. The van der Waals surface area contributed by atoms with Crippen LogP contribution in [-0.2, 0) is 4.74 Å². The van der Waals surface area contributed by atoms with Crippen molar-refractivity contribution in [2.75, 3.05) is 11.9 Å². The summed E-state index contributed by atoms with van der Waals surface area (Å²) in [5.74, 6) is -0.343. The maximum Gasteiger partial charge on any atom is 0.355 e. The summed E-state index contributed by atoms with van der Waals surface area (Å²) in [7, 11) is 0. The number of carbonyl (C=O) groups excluding carboxylic acids is 2. The Kier molecular flexibility index (Phi) is 4.07. The number of esters is 1. The van der Waals surface area contributed by atoms with E-state index in [1.165, 1.54) is 0 Å². The number of anilines is 1. The number of para-hydroxylation sites is 1. The fourth-order valence-electron chi connectivity index (χ4n) is 2.73. The molecule has 0 saturated heterocycles. The van der Waals surface area contributed by atoms with Crippen LogP contribution in [0.25, 0.3) is 10.9 Å². The smallest absolute Gasteiger partial charge is 0.355 e.